The van der Waals surface area contributed by atoms with Crippen LogP contribution in [0.1, 0.15) is 39.6 Å². The minimum absolute atomic E-state index is 0.189. The molecule has 0 bridgehead atoms. The van der Waals surface area contributed by atoms with Crippen molar-refractivity contribution in [2.75, 3.05) is 6.61 Å². The second kappa shape index (κ2) is 15.9. The quantitative estimate of drug-likeness (QED) is 0.127. The molecule has 4 atom stereocenters. The maximum atomic E-state index is 15.0. The first-order valence-electron chi connectivity index (χ1n) is 18.4. The zero-order chi connectivity index (χ0) is 38.5. The summed E-state index contributed by atoms with van der Waals surface area (Å²) in [6.45, 7) is -0.189. The molecule has 1 aliphatic rings. The summed E-state index contributed by atoms with van der Waals surface area (Å²) in [6, 6.07) is 58.0. The van der Waals surface area contributed by atoms with Crippen molar-refractivity contribution in [1.82, 2.24) is 9.55 Å². The molecule has 1 aliphatic heterocycles. The lowest BCUT2D eigenvalue weighted by molar-refractivity contribution is -0.125. The van der Waals surface area contributed by atoms with Gasteiger partial charge in [-0.05, 0) is 33.4 Å². The first-order valence-corrected chi connectivity index (χ1v) is 18.4. The van der Waals surface area contributed by atoms with Crippen LogP contribution in [0.3, 0.4) is 0 Å². The molecule has 8 rings (SSSR count). The van der Waals surface area contributed by atoms with Gasteiger partial charge in [-0.2, -0.15) is 4.39 Å². The summed E-state index contributed by atoms with van der Waals surface area (Å²) in [4.78, 5) is 27.8. The lowest BCUT2D eigenvalue weighted by atomic mass is 9.79. The van der Waals surface area contributed by atoms with Crippen LogP contribution in [0.2, 0.25) is 0 Å². The number of H-pyrrole nitrogens is 1. The van der Waals surface area contributed by atoms with Crippen LogP contribution in [0, 0.1) is 5.82 Å². The number of benzene rings is 6. The SMILES string of the molecule is O=c1[nH]c(=O)n([C@@H]2O[C@H](COC(c3ccccc3)(c3ccccc3)c3ccccc3)[C@@H](O)[C@H]2OC(c2ccccc2)(c2ccccc2)c2ccccc2)cc1F. The number of aromatic amines is 1. The van der Waals surface area contributed by atoms with E-state index >= 15 is 4.39 Å². The summed E-state index contributed by atoms with van der Waals surface area (Å²) >= 11 is 0. The third kappa shape index (κ3) is 6.71. The molecule has 6 aromatic carbocycles. The van der Waals surface area contributed by atoms with Crippen LogP contribution in [0.15, 0.2) is 198 Å². The second-order valence-electron chi connectivity index (χ2n) is 13.7. The Morgan fingerprint density at radius 3 is 1.32 bits per heavy atom. The molecule has 7 aromatic rings. The normalized spacial score (nSPS) is 18.5. The number of hydrogen-bond acceptors (Lipinski definition) is 6. The lowest BCUT2D eigenvalue weighted by Gasteiger charge is -2.40. The molecule has 0 radical (unpaired) electrons. The monoisotopic (exact) mass is 746 g/mol. The van der Waals surface area contributed by atoms with E-state index in [2.05, 4.69) is 0 Å². The molecule has 2 heterocycles. The van der Waals surface area contributed by atoms with Crippen molar-refractivity contribution in [1.29, 1.82) is 0 Å². The Kier molecular flexibility index (Phi) is 10.4. The van der Waals surface area contributed by atoms with E-state index in [4.69, 9.17) is 14.2 Å². The third-order valence-electron chi connectivity index (χ3n) is 10.4. The van der Waals surface area contributed by atoms with Crippen molar-refractivity contribution in [3.8, 4) is 0 Å². The average molecular weight is 747 g/mol. The molecule has 1 saturated heterocycles. The Labute approximate surface area is 323 Å². The first-order chi connectivity index (χ1) is 27.4. The Bertz CT molecular complexity index is 2270. The van der Waals surface area contributed by atoms with E-state index in [0.29, 0.717) is 0 Å². The number of hydrogen-bond donors (Lipinski definition) is 2. The summed E-state index contributed by atoms with van der Waals surface area (Å²) in [5, 5.41) is 12.5. The summed E-state index contributed by atoms with van der Waals surface area (Å²) < 4.78 is 36.9. The maximum Gasteiger partial charge on any atom is 0.330 e. The van der Waals surface area contributed by atoms with Gasteiger partial charge in [0.05, 0.1) is 12.8 Å². The molecule has 9 heteroatoms. The Hall–Kier alpha value is -6.23. The molecular formula is C47H39FN2O6. The Morgan fingerprint density at radius 2 is 0.946 bits per heavy atom. The number of rotatable bonds is 12. The smallest absolute Gasteiger partial charge is 0.330 e. The molecule has 1 fully saturated rings. The topological polar surface area (TPSA) is 103 Å². The van der Waals surface area contributed by atoms with Crippen molar-refractivity contribution in [2.45, 2.75) is 35.7 Å². The van der Waals surface area contributed by atoms with Crippen molar-refractivity contribution < 1.29 is 23.7 Å². The van der Waals surface area contributed by atoms with E-state index in [1.807, 2.05) is 187 Å². The van der Waals surface area contributed by atoms with Gasteiger partial charge in [0.25, 0.3) is 5.56 Å². The Morgan fingerprint density at radius 1 is 0.589 bits per heavy atom. The number of nitrogens with one attached hydrogen (secondary N) is 1. The second-order valence-corrected chi connectivity index (χ2v) is 13.7. The van der Waals surface area contributed by atoms with Crippen LogP contribution >= 0.6 is 0 Å². The van der Waals surface area contributed by atoms with Crippen LogP contribution < -0.4 is 11.2 Å². The molecule has 0 saturated carbocycles. The molecule has 2 N–H and O–H groups in total. The van der Waals surface area contributed by atoms with E-state index in [1.165, 1.54) is 0 Å². The largest absolute Gasteiger partial charge is 0.387 e. The molecule has 0 spiro atoms. The predicted molar refractivity (Wildman–Crippen MR) is 210 cm³/mol. The molecule has 1 aromatic heterocycles. The van der Waals surface area contributed by atoms with E-state index in [0.717, 1.165) is 44.1 Å². The number of aliphatic hydroxyl groups is 1. The van der Waals surface area contributed by atoms with Gasteiger partial charge in [0, 0.05) is 0 Å². The van der Waals surface area contributed by atoms with Crippen LogP contribution in [0.25, 0.3) is 0 Å². The van der Waals surface area contributed by atoms with Crippen LogP contribution in [-0.2, 0) is 25.4 Å². The van der Waals surface area contributed by atoms with Crippen molar-refractivity contribution in [3.63, 3.8) is 0 Å². The molecule has 8 nitrogen and oxygen atoms in total. The van der Waals surface area contributed by atoms with Gasteiger partial charge in [0.1, 0.15) is 29.5 Å². The summed E-state index contributed by atoms with van der Waals surface area (Å²) in [5.74, 6) is -1.20. The summed E-state index contributed by atoms with van der Waals surface area (Å²) in [7, 11) is 0. The minimum atomic E-state index is -1.43. The minimum Gasteiger partial charge on any atom is -0.387 e. The van der Waals surface area contributed by atoms with Crippen molar-refractivity contribution in [2.24, 2.45) is 0 Å². The fourth-order valence-electron chi connectivity index (χ4n) is 7.76. The number of aromatic nitrogens is 2. The van der Waals surface area contributed by atoms with Gasteiger partial charge in [-0.1, -0.05) is 182 Å². The maximum absolute atomic E-state index is 15.0. The van der Waals surface area contributed by atoms with E-state index in [9.17, 15) is 14.7 Å². The number of nitrogens with zero attached hydrogens (tertiary/aromatic N) is 1. The Balaban J connectivity index is 1.27. The van der Waals surface area contributed by atoms with Gasteiger partial charge in [-0.15, -0.1) is 0 Å². The van der Waals surface area contributed by atoms with Gasteiger partial charge in [-0.25, -0.2) is 4.79 Å². The van der Waals surface area contributed by atoms with E-state index in [-0.39, 0.29) is 6.61 Å². The number of ether oxygens (including phenoxy) is 3. The number of halogens is 1. The van der Waals surface area contributed by atoms with Gasteiger partial charge in [0.15, 0.2) is 6.23 Å². The average Bonchev–Trinajstić information content (AvgIpc) is 3.56. The highest BCUT2D eigenvalue weighted by Gasteiger charge is 2.52. The van der Waals surface area contributed by atoms with Crippen LogP contribution in [0.5, 0.6) is 0 Å². The molecule has 0 unspecified atom stereocenters. The fraction of sp³-hybridized carbons (Fsp3) is 0.149. The van der Waals surface area contributed by atoms with Gasteiger partial charge in [0.2, 0.25) is 5.82 Å². The van der Waals surface area contributed by atoms with E-state index < -0.39 is 52.8 Å². The molecule has 280 valence electrons. The van der Waals surface area contributed by atoms with E-state index in [1.54, 1.807) is 0 Å². The van der Waals surface area contributed by atoms with Gasteiger partial charge in [-0.3, -0.25) is 14.3 Å². The standard InChI is InChI=1S/C47H39FN2O6/c48-39-31-50(45(53)49-43(39)52)44-42(56-47(36-25-13-4-14-26-36,37-27-15-5-16-28-37)38-29-17-6-18-30-38)41(51)40(55-44)32-54-46(33-19-7-1-8-20-33,34-21-9-2-10-22-34)35-23-11-3-12-24-35/h1-31,40-42,44,51H,32H2,(H,49,52,53)/t40-,41-,42-,44-/m1/s1. The lowest BCUT2D eigenvalue weighted by Crippen LogP contribution is -2.46. The van der Waals surface area contributed by atoms with Crippen molar-refractivity contribution >= 4 is 0 Å². The van der Waals surface area contributed by atoms with Crippen LogP contribution in [0.4, 0.5) is 4.39 Å². The molecule has 0 amide bonds. The summed E-state index contributed by atoms with van der Waals surface area (Å²) in [5.41, 5.74) is 0.0906. The predicted octanol–water partition coefficient (Wildman–Crippen LogP) is 7.32. The van der Waals surface area contributed by atoms with Crippen LogP contribution in [-0.4, -0.2) is 39.6 Å². The van der Waals surface area contributed by atoms with Gasteiger partial charge < -0.3 is 19.3 Å². The zero-order valence-electron chi connectivity index (χ0n) is 30.2. The highest BCUT2D eigenvalue weighted by atomic mass is 19.1. The molecule has 56 heavy (non-hydrogen) atoms. The zero-order valence-corrected chi connectivity index (χ0v) is 30.2. The van der Waals surface area contributed by atoms with Gasteiger partial charge >= 0.3 is 5.69 Å². The fourth-order valence-corrected chi connectivity index (χ4v) is 7.76. The third-order valence-corrected chi connectivity index (χ3v) is 10.4. The highest BCUT2D eigenvalue weighted by molar-refractivity contribution is 5.49. The highest BCUT2D eigenvalue weighted by Crippen LogP contribution is 2.46. The molecular weight excluding hydrogens is 708 g/mol. The number of aliphatic hydroxyl groups excluding tert-OH is 1. The summed E-state index contributed by atoms with van der Waals surface area (Å²) in [6.07, 6.45) is -4.48. The first kappa shape index (κ1) is 36.7. The molecule has 0 aliphatic carbocycles. The van der Waals surface area contributed by atoms with Crippen molar-refractivity contribution in [3.05, 3.63) is 248 Å².